The van der Waals surface area contributed by atoms with Crippen LogP contribution in [0.4, 0.5) is 0 Å². The van der Waals surface area contributed by atoms with Crippen molar-refractivity contribution in [2.24, 2.45) is 0 Å². The maximum Gasteiger partial charge on any atom is 0.287 e. The molecule has 0 saturated carbocycles. The summed E-state index contributed by atoms with van der Waals surface area (Å²) in [6.45, 7) is 0.0324. The molecule has 0 spiro atoms. The van der Waals surface area contributed by atoms with Gasteiger partial charge in [0, 0.05) is 0 Å². The molecular weight excluding hydrogens is 246 g/mol. The molecule has 2 rings (SSSR count). The Morgan fingerprint density at radius 3 is 2.88 bits per heavy atom. The van der Waals surface area contributed by atoms with Crippen molar-refractivity contribution in [3.8, 4) is 0 Å². The van der Waals surface area contributed by atoms with Crippen LogP contribution in [0.25, 0.3) is 0 Å². The zero-order valence-electron chi connectivity index (χ0n) is 8.72. The van der Waals surface area contributed by atoms with E-state index in [0.717, 1.165) is 0 Å². The van der Waals surface area contributed by atoms with E-state index in [9.17, 15) is 9.90 Å². The van der Waals surface area contributed by atoms with Gasteiger partial charge < -0.3 is 19.3 Å². The smallest absolute Gasteiger partial charge is 0.287 e. The number of nitrogens with one attached hydrogen (secondary N) is 1. The monoisotopic (exact) mass is 255 g/mol. The van der Waals surface area contributed by atoms with Gasteiger partial charge in [0.1, 0.15) is 11.9 Å². The van der Waals surface area contributed by atoms with Crippen molar-refractivity contribution in [3.63, 3.8) is 0 Å². The van der Waals surface area contributed by atoms with Gasteiger partial charge in [0.25, 0.3) is 5.91 Å². The van der Waals surface area contributed by atoms with Crippen LogP contribution in [0.1, 0.15) is 22.4 Å². The first-order valence-corrected chi connectivity index (χ1v) is 5.29. The minimum Gasteiger partial charge on any atom is -0.467 e. The number of aliphatic hydroxyl groups is 1. The number of halogens is 1. The van der Waals surface area contributed by atoms with Gasteiger partial charge in [-0.15, -0.1) is 0 Å². The zero-order valence-corrected chi connectivity index (χ0v) is 9.48. The summed E-state index contributed by atoms with van der Waals surface area (Å²) in [6.07, 6.45) is 0.562. The number of rotatable bonds is 4. The highest BCUT2D eigenvalue weighted by Crippen LogP contribution is 2.14. The molecule has 0 bridgehead atoms. The predicted octanol–water partition coefficient (Wildman–Crippen LogP) is 1.99. The van der Waals surface area contributed by atoms with Crippen LogP contribution in [0, 0.1) is 0 Å². The van der Waals surface area contributed by atoms with Crippen LogP contribution in [0.3, 0.4) is 0 Å². The summed E-state index contributed by atoms with van der Waals surface area (Å²) in [5.74, 6) is 0.0481. The van der Waals surface area contributed by atoms with Crippen molar-refractivity contribution in [2.45, 2.75) is 6.10 Å². The van der Waals surface area contributed by atoms with Gasteiger partial charge in [-0.2, -0.15) is 0 Å². The SMILES string of the molecule is O=C(NCC(O)c1ccco1)c1ccc(Cl)o1. The second kappa shape index (κ2) is 5.07. The van der Waals surface area contributed by atoms with E-state index in [1.807, 2.05) is 0 Å². The largest absolute Gasteiger partial charge is 0.467 e. The molecule has 1 atom stereocenters. The summed E-state index contributed by atoms with van der Waals surface area (Å²) in [4.78, 5) is 11.5. The highest BCUT2D eigenvalue weighted by Gasteiger charge is 2.14. The number of furan rings is 2. The summed E-state index contributed by atoms with van der Waals surface area (Å²) in [5, 5.41) is 12.3. The molecule has 6 heteroatoms. The molecule has 0 fully saturated rings. The molecule has 1 unspecified atom stereocenters. The minimum atomic E-state index is -0.889. The normalized spacial score (nSPS) is 12.4. The third kappa shape index (κ3) is 2.89. The Balaban J connectivity index is 1.88. The number of hydrogen-bond acceptors (Lipinski definition) is 4. The van der Waals surface area contributed by atoms with Gasteiger partial charge in [0.05, 0.1) is 12.8 Å². The summed E-state index contributed by atoms with van der Waals surface area (Å²) < 4.78 is 9.91. The minimum absolute atomic E-state index is 0.0324. The molecular formula is C11H10ClNO4. The molecule has 0 aromatic carbocycles. The average molecular weight is 256 g/mol. The molecule has 5 nitrogen and oxygen atoms in total. The lowest BCUT2D eigenvalue weighted by Gasteiger charge is -2.08. The van der Waals surface area contributed by atoms with E-state index in [-0.39, 0.29) is 17.5 Å². The van der Waals surface area contributed by atoms with Gasteiger partial charge in [-0.3, -0.25) is 4.79 Å². The lowest BCUT2D eigenvalue weighted by atomic mass is 10.2. The molecule has 0 aliphatic carbocycles. The Morgan fingerprint density at radius 2 is 2.29 bits per heavy atom. The maximum absolute atomic E-state index is 11.5. The molecule has 2 heterocycles. The van der Waals surface area contributed by atoms with Gasteiger partial charge in [0.2, 0.25) is 0 Å². The van der Waals surface area contributed by atoms with Crippen molar-refractivity contribution in [2.75, 3.05) is 6.54 Å². The standard InChI is InChI=1S/C11H10ClNO4/c12-10-4-3-9(17-10)11(15)13-6-7(14)8-2-1-5-16-8/h1-5,7,14H,6H2,(H,13,15). The van der Waals surface area contributed by atoms with Crippen molar-refractivity contribution >= 4 is 17.5 Å². The van der Waals surface area contributed by atoms with Crippen LogP contribution in [0.15, 0.2) is 39.4 Å². The first kappa shape index (κ1) is 11.8. The molecule has 0 saturated heterocycles. The highest BCUT2D eigenvalue weighted by atomic mass is 35.5. The van der Waals surface area contributed by atoms with Crippen molar-refractivity contribution in [1.29, 1.82) is 0 Å². The van der Waals surface area contributed by atoms with Crippen LogP contribution in [0.5, 0.6) is 0 Å². The van der Waals surface area contributed by atoms with E-state index in [4.69, 9.17) is 20.4 Å². The Morgan fingerprint density at radius 1 is 1.47 bits per heavy atom. The van der Waals surface area contributed by atoms with Crippen molar-refractivity contribution in [1.82, 2.24) is 5.32 Å². The third-order valence-electron chi connectivity index (χ3n) is 2.12. The summed E-state index contributed by atoms with van der Waals surface area (Å²) in [6, 6.07) is 6.21. The second-order valence-corrected chi connectivity index (χ2v) is 3.72. The third-order valence-corrected chi connectivity index (χ3v) is 2.33. The molecule has 0 radical (unpaired) electrons. The van der Waals surface area contributed by atoms with Gasteiger partial charge in [-0.25, -0.2) is 0 Å². The van der Waals surface area contributed by atoms with Crippen LogP contribution in [-0.2, 0) is 0 Å². The number of hydrogen-bond donors (Lipinski definition) is 2. The average Bonchev–Trinajstić information content (AvgIpc) is 2.95. The highest BCUT2D eigenvalue weighted by molar-refractivity contribution is 6.29. The predicted molar refractivity (Wildman–Crippen MR) is 59.7 cm³/mol. The number of carbonyl (C=O) groups excluding carboxylic acids is 1. The van der Waals surface area contributed by atoms with E-state index in [1.54, 1.807) is 12.1 Å². The maximum atomic E-state index is 11.5. The quantitative estimate of drug-likeness (QED) is 0.876. The van der Waals surface area contributed by atoms with E-state index >= 15 is 0 Å². The second-order valence-electron chi connectivity index (χ2n) is 3.35. The molecule has 1 amide bonds. The van der Waals surface area contributed by atoms with Crippen LogP contribution >= 0.6 is 11.6 Å². The Labute approximate surface area is 102 Å². The van der Waals surface area contributed by atoms with E-state index in [0.29, 0.717) is 5.76 Å². The molecule has 2 aromatic heterocycles. The number of carbonyl (C=O) groups is 1. The van der Waals surface area contributed by atoms with Crippen molar-refractivity contribution in [3.05, 3.63) is 47.3 Å². The molecule has 0 aliphatic rings. The first-order chi connectivity index (χ1) is 8.16. The Kier molecular flexibility index (Phi) is 3.51. The van der Waals surface area contributed by atoms with E-state index < -0.39 is 12.0 Å². The molecule has 17 heavy (non-hydrogen) atoms. The fraction of sp³-hybridized carbons (Fsp3) is 0.182. The first-order valence-electron chi connectivity index (χ1n) is 4.92. The van der Waals surface area contributed by atoms with Gasteiger partial charge in [0.15, 0.2) is 11.0 Å². The Bertz CT molecular complexity index is 491. The lowest BCUT2D eigenvalue weighted by Crippen LogP contribution is -2.27. The molecule has 2 aromatic rings. The molecule has 0 aliphatic heterocycles. The fourth-order valence-corrected chi connectivity index (χ4v) is 1.44. The van der Waals surface area contributed by atoms with Crippen LogP contribution in [0.2, 0.25) is 5.22 Å². The summed E-state index contributed by atoms with van der Waals surface area (Å²) in [7, 11) is 0. The van der Waals surface area contributed by atoms with Crippen LogP contribution in [-0.4, -0.2) is 17.6 Å². The molecule has 2 N–H and O–H groups in total. The number of amides is 1. The summed E-state index contributed by atoms with van der Waals surface area (Å²) in [5.41, 5.74) is 0. The van der Waals surface area contributed by atoms with Crippen molar-refractivity contribution < 1.29 is 18.7 Å². The van der Waals surface area contributed by atoms with E-state index in [1.165, 1.54) is 18.4 Å². The van der Waals surface area contributed by atoms with Crippen LogP contribution < -0.4 is 5.32 Å². The van der Waals surface area contributed by atoms with Gasteiger partial charge >= 0.3 is 0 Å². The molecule has 90 valence electrons. The number of aliphatic hydroxyl groups excluding tert-OH is 1. The Hall–Kier alpha value is -1.72. The fourth-order valence-electron chi connectivity index (χ4n) is 1.29. The summed E-state index contributed by atoms with van der Waals surface area (Å²) >= 11 is 5.54. The van der Waals surface area contributed by atoms with Gasteiger partial charge in [-0.05, 0) is 35.9 Å². The lowest BCUT2D eigenvalue weighted by molar-refractivity contribution is 0.0874. The topological polar surface area (TPSA) is 75.6 Å². The zero-order chi connectivity index (χ0) is 12.3. The van der Waals surface area contributed by atoms with Gasteiger partial charge in [-0.1, -0.05) is 0 Å². The van der Waals surface area contributed by atoms with E-state index in [2.05, 4.69) is 5.32 Å².